The molecule has 0 amide bonds. The molecule has 2 atom stereocenters. The molecule has 0 heterocycles. The first-order valence-electron chi connectivity index (χ1n) is 3.23. The summed E-state index contributed by atoms with van der Waals surface area (Å²) in [5.41, 5.74) is 0. The number of carbonyl (C=O) groups is 2. The van der Waals surface area contributed by atoms with Crippen LogP contribution in [-0.2, 0) is 9.59 Å². The lowest BCUT2D eigenvalue weighted by Crippen LogP contribution is -2.22. The number of carboxylic acid groups (broad SMARTS) is 2. The Morgan fingerprint density at radius 2 is 1.25 bits per heavy atom. The minimum absolute atomic E-state index is 0.176. The Balaban J connectivity index is 3.83. The van der Waals surface area contributed by atoms with Crippen molar-refractivity contribution in [2.24, 2.45) is 0 Å². The summed E-state index contributed by atoms with van der Waals surface area (Å²) in [4.78, 5) is 20.3. The van der Waals surface area contributed by atoms with Gasteiger partial charge < -0.3 is 10.2 Å². The summed E-state index contributed by atoms with van der Waals surface area (Å²) in [5, 5.41) is 15.6. The van der Waals surface area contributed by atoms with Gasteiger partial charge in [-0.3, -0.25) is 9.59 Å². The van der Waals surface area contributed by atoms with Crippen molar-refractivity contribution in [1.29, 1.82) is 0 Å². The predicted molar refractivity (Wildman–Crippen MR) is 50.1 cm³/mol. The van der Waals surface area contributed by atoms with Gasteiger partial charge in [-0.15, -0.1) is 0 Å². The van der Waals surface area contributed by atoms with Crippen molar-refractivity contribution >= 4 is 37.2 Å². The third kappa shape index (κ3) is 5.31. The molecular weight excluding hydrogens is 200 g/mol. The molecule has 0 fully saturated rings. The van der Waals surface area contributed by atoms with Gasteiger partial charge in [0.2, 0.25) is 0 Å². The van der Waals surface area contributed by atoms with Gasteiger partial charge in [-0.25, -0.2) is 0 Å². The SMILES string of the molecule is O=C(O)CC(S)C(S)CC(=O)O. The van der Waals surface area contributed by atoms with E-state index in [9.17, 15) is 9.59 Å². The smallest absolute Gasteiger partial charge is 0.304 e. The van der Waals surface area contributed by atoms with E-state index in [-0.39, 0.29) is 12.8 Å². The second kappa shape index (κ2) is 5.31. The Morgan fingerprint density at radius 1 is 1.00 bits per heavy atom. The Kier molecular flexibility index (Phi) is 5.16. The molecule has 0 rings (SSSR count). The summed E-state index contributed by atoms with van der Waals surface area (Å²) < 4.78 is 0. The van der Waals surface area contributed by atoms with E-state index in [1.54, 1.807) is 0 Å². The van der Waals surface area contributed by atoms with Crippen molar-refractivity contribution < 1.29 is 19.8 Å². The molecule has 0 aliphatic rings. The Labute approximate surface area is 80.8 Å². The van der Waals surface area contributed by atoms with E-state index < -0.39 is 22.4 Å². The first kappa shape index (κ1) is 11.6. The maximum atomic E-state index is 10.2. The van der Waals surface area contributed by atoms with Crippen LogP contribution in [-0.4, -0.2) is 32.7 Å². The average Bonchev–Trinajstić information content (AvgIpc) is 1.84. The molecule has 0 saturated heterocycles. The van der Waals surface area contributed by atoms with Gasteiger partial charge in [0.05, 0.1) is 12.8 Å². The normalized spacial score (nSPS) is 15.2. The van der Waals surface area contributed by atoms with Gasteiger partial charge in [0, 0.05) is 10.5 Å². The zero-order valence-electron chi connectivity index (χ0n) is 6.17. The van der Waals surface area contributed by atoms with Crippen molar-refractivity contribution in [1.82, 2.24) is 0 Å². The summed E-state index contributed by atoms with van der Waals surface area (Å²) in [5.74, 6) is -2.00. The van der Waals surface area contributed by atoms with Crippen LogP contribution in [0.25, 0.3) is 0 Å². The van der Waals surface area contributed by atoms with Gasteiger partial charge in [0.25, 0.3) is 0 Å². The van der Waals surface area contributed by atoms with Crippen LogP contribution in [0.4, 0.5) is 0 Å². The molecule has 2 unspecified atom stereocenters. The fourth-order valence-corrected chi connectivity index (χ4v) is 1.15. The summed E-state index contributed by atoms with van der Waals surface area (Å²) in [7, 11) is 0. The molecular formula is C6H10O4S2. The predicted octanol–water partition coefficient (Wildman–Crippen LogP) is 0.533. The minimum Gasteiger partial charge on any atom is -0.481 e. The third-order valence-corrected chi connectivity index (χ3v) is 2.53. The van der Waals surface area contributed by atoms with Crippen molar-refractivity contribution in [2.45, 2.75) is 23.3 Å². The van der Waals surface area contributed by atoms with Crippen LogP contribution in [0, 0.1) is 0 Å². The van der Waals surface area contributed by atoms with Gasteiger partial charge in [-0.05, 0) is 0 Å². The minimum atomic E-state index is -1.00. The van der Waals surface area contributed by atoms with Crippen LogP contribution < -0.4 is 0 Å². The van der Waals surface area contributed by atoms with E-state index in [2.05, 4.69) is 25.3 Å². The molecule has 0 saturated carbocycles. The zero-order valence-corrected chi connectivity index (χ0v) is 7.96. The maximum Gasteiger partial charge on any atom is 0.304 e. The van der Waals surface area contributed by atoms with Crippen LogP contribution in [0.5, 0.6) is 0 Å². The zero-order chi connectivity index (χ0) is 9.72. The van der Waals surface area contributed by atoms with Crippen LogP contribution in [0.15, 0.2) is 0 Å². The molecule has 0 aliphatic heterocycles. The van der Waals surface area contributed by atoms with E-state index >= 15 is 0 Å². The summed E-state index contributed by atoms with van der Waals surface area (Å²) in [6, 6.07) is 0. The number of thiol groups is 2. The maximum absolute atomic E-state index is 10.2. The highest BCUT2D eigenvalue weighted by Gasteiger charge is 2.19. The lowest BCUT2D eigenvalue weighted by molar-refractivity contribution is -0.139. The highest BCUT2D eigenvalue weighted by atomic mass is 32.1. The van der Waals surface area contributed by atoms with E-state index in [0.717, 1.165) is 0 Å². The van der Waals surface area contributed by atoms with Crippen molar-refractivity contribution in [3.05, 3.63) is 0 Å². The molecule has 0 radical (unpaired) electrons. The fraction of sp³-hybridized carbons (Fsp3) is 0.667. The average molecular weight is 210 g/mol. The fourth-order valence-electron chi connectivity index (χ4n) is 0.630. The van der Waals surface area contributed by atoms with Gasteiger partial charge >= 0.3 is 11.9 Å². The molecule has 0 aliphatic carbocycles. The van der Waals surface area contributed by atoms with Crippen LogP contribution >= 0.6 is 25.3 Å². The highest BCUT2D eigenvalue weighted by molar-refractivity contribution is 7.85. The summed E-state index contributed by atoms with van der Waals surface area (Å²) >= 11 is 7.84. The molecule has 70 valence electrons. The lowest BCUT2D eigenvalue weighted by Gasteiger charge is -2.13. The second-order valence-electron chi connectivity index (χ2n) is 2.33. The van der Waals surface area contributed by atoms with Crippen molar-refractivity contribution in [3.8, 4) is 0 Å². The molecule has 0 aromatic carbocycles. The standard InChI is InChI=1S/C6H10O4S2/c7-5(8)1-3(11)4(12)2-6(9)10/h3-4,11-12H,1-2H2,(H,7,8)(H,9,10). The van der Waals surface area contributed by atoms with E-state index in [1.165, 1.54) is 0 Å². The van der Waals surface area contributed by atoms with Crippen molar-refractivity contribution in [3.63, 3.8) is 0 Å². The van der Waals surface area contributed by atoms with E-state index in [1.807, 2.05) is 0 Å². The molecule has 12 heavy (non-hydrogen) atoms. The molecule has 2 N–H and O–H groups in total. The largest absolute Gasteiger partial charge is 0.481 e. The molecule has 0 spiro atoms. The highest BCUT2D eigenvalue weighted by Crippen LogP contribution is 2.16. The van der Waals surface area contributed by atoms with E-state index in [4.69, 9.17) is 10.2 Å². The first-order chi connectivity index (χ1) is 5.43. The second-order valence-corrected chi connectivity index (χ2v) is 3.66. The topological polar surface area (TPSA) is 74.6 Å². The number of carboxylic acids is 2. The van der Waals surface area contributed by atoms with Gasteiger partial charge in [0.15, 0.2) is 0 Å². The van der Waals surface area contributed by atoms with Crippen LogP contribution in [0.3, 0.4) is 0 Å². The number of hydrogen-bond acceptors (Lipinski definition) is 4. The lowest BCUT2D eigenvalue weighted by atomic mass is 10.2. The number of aliphatic carboxylic acids is 2. The quantitative estimate of drug-likeness (QED) is 0.499. The molecule has 4 nitrogen and oxygen atoms in total. The van der Waals surface area contributed by atoms with Crippen LogP contribution in [0.2, 0.25) is 0 Å². The summed E-state index contributed by atoms with van der Waals surface area (Å²) in [6.07, 6.45) is -0.352. The van der Waals surface area contributed by atoms with Gasteiger partial charge in [-0.1, -0.05) is 0 Å². The Morgan fingerprint density at radius 3 is 1.42 bits per heavy atom. The van der Waals surface area contributed by atoms with Gasteiger partial charge in [-0.2, -0.15) is 25.3 Å². The molecule has 0 aromatic rings. The monoisotopic (exact) mass is 210 g/mol. The third-order valence-electron chi connectivity index (χ3n) is 1.21. The van der Waals surface area contributed by atoms with E-state index in [0.29, 0.717) is 0 Å². The van der Waals surface area contributed by atoms with Crippen molar-refractivity contribution in [2.75, 3.05) is 0 Å². The first-order valence-corrected chi connectivity index (χ1v) is 4.26. The Hall–Kier alpha value is -0.360. The molecule has 0 aromatic heterocycles. The van der Waals surface area contributed by atoms with Crippen LogP contribution in [0.1, 0.15) is 12.8 Å². The molecule has 6 heteroatoms. The van der Waals surface area contributed by atoms with Gasteiger partial charge in [0.1, 0.15) is 0 Å². The molecule has 0 bridgehead atoms. The number of hydrogen-bond donors (Lipinski definition) is 4. The summed E-state index contributed by atoms with van der Waals surface area (Å²) in [6.45, 7) is 0. The Bertz CT molecular complexity index is 162. The number of rotatable bonds is 5.